The van der Waals surface area contributed by atoms with Crippen molar-refractivity contribution in [2.45, 2.75) is 77.8 Å². The molecule has 0 radical (unpaired) electrons. The number of hydrogen-bond donors (Lipinski definition) is 4. The van der Waals surface area contributed by atoms with Gasteiger partial charge in [0.1, 0.15) is 0 Å². The average Bonchev–Trinajstić information content (AvgIpc) is 2.72. The predicted octanol–water partition coefficient (Wildman–Crippen LogP) is 1.12. The lowest BCUT2D eigenvalue weighted by Gasteiger charge is -2.34. The third-order valence-corrected chi connectivity index (χ3v) is 4.76. The highest BCUT2D eigenvalue weighted by Crippen LogP contribution is 2.22. The lowest BCUT2D eigenvalue weighted by atomic mass is 9.92. The Morgan fingerprint density at radius 3 is 0.862 bits per heavy atom. The minimum absolute atomic E-state index is 0.186. The Balaban J connectivity index is 5.05. The molecule has 0 aromatic carbocycles. The topological polar surface area (TPSA) is 118 Å². The monoisotopic (exact) mass is 424 g/mol. The van der Waals surface area contributed by atoms with Gasteiger partial charge in [0, 0.05) is 0 Å². The molecule has 8 nitrogen and oxygen atoms in total. The summed E-state index contributed by atoms with van der Waals surface area (Å²) in [4.78, 5) is 0. The molecule has 0 fully saturated rings. The average molecular weight is 425 g/mol. The Kier molecular flexibility index (Phi) is 17.2. The number of rotatable bonds is 20. The van der Waals surface area contributed by atoms with E-state index in [1.54, 1.807) is 0 Å². The Hall–Kier alpha value is -0.320. The first kappa shape index (κ1) is 28.7. The van der Waals surface area contributed by atoms with Gasteiger partial charge in [0.15, 0.2) is 0 Å². The van der Waals surface area contributed by atoms with Gasteiger partial charge < -0.3 is 39.4 Å². The van der Waals surface area contributed by atoms with Gasteiger partial charge in [-0.2, -0.15) is 0 Å². The van der Waals surface area contributed by atoms with Crippen LogP contribution in [0.1, 0.15) is 53.4 Å². The molecule has 0 aliphatic carbocycles. The van der Waals surface area contributed by atoms with Gasteiger partial charge in [-0.1, -0.05) is 27.7 Å². The predicted molar refractivity (Wildman–Crippen MR) is 111 cm³/mol. The van der Waals surface area contributed by atoms with Crippen molar-refractivity contribution in [1.29, 1.82) is 0 Å². The quantitative estimate of drug-likeness (QED) is 0.230. The van der Waals surface area contributed by atoms with Crippen LogP contribution in [0, 0.1) is 5.41 Å². The second-order valence-electron chi connectivity index (χ2n) is 7.81. The van der Waals surface area contributed by atoms with Crippen molar-refractivity contribution in [3.8, 4) is 0 Å². The smallest absolute Gasteiger partial charge is 0.0771 e. The van der Waals surface area contributed by atoms with Crippen LogP contribution in [-0.2, 0) is 18.9 Å². The van der Waals surface area contributed by atoms with E-state index < -0.39 is 29.8 Å². The summed E-state index contributed by atoms with van der Waals surface area (Å²) in [7, 11) is 0. The maximum absolute atomic E-state index is 9.78. The molecule has 0 aromatic heterocycles. The van der Waals surface area contributed by atoms with E-state index in [0.717, 1.165) is 0 Å². The third kappa shape index (κ3) is 14.3. The van der Waals surface area contributed by atoms with Gasteiger partial charge in [0.2, 0.25) is 0 Å². The third-order valence-electron chi connectivity index (χ3n) is 4.76. The molecule has 0 heterocycles. The van der Waals surface area contributed by atoms with Gasteiger partial charge >= 0.3 is 0 Å². The van der Waals surface area contributed by atoms with Crippen LogP contribution < -0.4 is 0 Å². The van der Waals surface area contributed by atoms with Gasteiger partial charge in [-0.3, -0.25) is 0 Å². The molecule has 0 bridgehead atoms. The molecule has 8 heteroatoms. The van der Waals surface area contributed by atoms with Crippen LogP contribution in [0.5, 0.6) is 0 Å². The van der Waals surface area contributed by atoms with E-state index in [1.165, 1.54) is 0 Å². The lowest BCUT2D eigenvalue weighted by Crippen LogP contribution is -2.44. The van der Waals surface area contributed by atoms with Crippen molar-refractivity contribution < 1.29 is 39.4 Å². The van der Waals surface area contributed by atoms with Crippen LogP contribution in [0.2, 0.25) is 0 Å². The van der Waals surface area contributed by atoms with E-state index in [-0.39, 0.29) is 52.9 Å². The summed E-state index contributed by atoms with van der Waals surface area (Å²) in [6.07, 6.45) is 0.134. The van der Waals surface area contributed by atoms with Gasteiger partial charge in [0.05, 0.1) is 82.7 Å². The van der Waals surface area contributed by atoms with Crippen molar-refractivity contribution in [2.75, 3.05) is 52.9 Å². The molecular formula is C21H44O8. The highest BCUT2D eigenvalue weighted by Gasteiger charge is 2.33. The maximum Gasteiger partial charge on any atom is 0.0771 e. The SMILES string of the molecule is CCC(O)COCC(COCC(O)CC)(COCC(O)CC)COCC(O)CC. The van der Waals surface area contributed by atoms with Crippen molar-refractivity contribution in [3.63, 3.8) is 0 Å². The first-order valence-corrected chi connectivity index (χ1v) is 10.9. The van der Waals surface area contributed by atoms with E-state index in [4.69, 9.17) is 18.9 Å². The Morgan fingerprint density at radius 2 is 0.690 bits per heavy atom. The van der Waals surface area contributed by atoms with Crippen molar-refractivity contribution in [2.24, 2.45) is 5.41 Å². The molecule has 0 aliphatic heterocycles. The molecule has 0 aliphatic rings. The molecule has 0 saturated carbocycles. The van der Waals surface area contributed by atoms with Crippen LogP contribution in [0.4, 0.5) is 0 Å². The molecule has 4 unspecified atom stereocenters. The fraction of sp³-hybridized carbons (Fsp3) is 1.00. The summed E-state index contributed by atoms with van der Waals surface area (Å²) in [6, 6.07) is 0. The number of hydrogen-bond acceptors (Lipinski definition) is 8. The second-order valence-corrected chi connectivity index (χ2v) is 7.81. The summed E-state index contributed by atoms with van der Waals surface area (Å²) in [5.74, 6) is 0. The molecular weight excluding hydrogens is 380 g/mol. The summed E-state index contributed by atoms with van der Waals surface area (Å²) >= 11 is 0. The van der Waals surface area contributed by atoms with E-state index in [0.29, 0.717) is 25.7 Å². The first-order chi connectivity index (χ1) is 13.8. The van der Waals surface area contributed by atoms with Crippen LogP contribution in [-0.4, -0.2) is 97.7 Å². The Labute approximate surface area is 176 Å². The minimum Gasteiger partial charge on any atom is -0.391 e. The van der Waals surface area contributed by atoms with Gasteiger partial charge in [-0.15, -0.1) is 0 Å². The van der Waals surface area contributed by atoms with Crippen molar-refractivity contribution in [1.82, 2.24) is 0 Å². The van der Waals surface area contributed by atoms with Gasteiger partial charge in [-0.25, -0.2) is 0 Å². The fourth-order valence-corrected chi connectivity index (χ4v) is 2.37. The molecule has 0 rings (SSSR count). The summed E-state index contributed by atoms with van der Waals surface area (Å²) in [5, 5.41) is 39.1. The molecule has 0 saturated heterocycles. The highest BCUT2D eigenvalue weighted by atomic mass is 16.5. The first-order valence-electron chi connectivity index (χ1n) is 10.9. The number of aliphatic hydroxyl groups is 4. The number of ether oxygens (including phenoxy) is 4. The second kappa shape index (κ2) is 17.4. The standard InChI is InChI=1S/C21H44O8/c1-5-17(22)9-26-13-21(14-27-10-18(23)6-2,15-28-11-19(24)7-3)16-29-12-20(25)8-4/h17-20,22-25H,5-16H2,1-4H3. The maximum atomic E-state index is 9.78. The van der Waals surface area contributed by atoms with E-state index in [2.05, 4.69) is 0 Å². The van der Waals surface area contributed by atoms with Gasteiger partial charge in [-0.05, 0) is 25.7 Å². The fourth-order valence-electron chi connectivity index (χ4n) is 2.37. The van der Waals surface area contributed by atoms with Crippen molar-refractivity contribution >= 4 is 0 Å². The zero-order valence-corrected chi connectivity index (χ0v) is 18.7. The summed E-state index contributed by atoms with van der Waals surface area (Å²) in [5.41, 5.74) is -0.693. The zero-order valence-electron chi connectivity index (χ0n) is 18.7. The zero-order chi connectivity index (χ0) is 22.1. The van der Waals surface area contributed by atoms with Crippen LogP contribution in [0.3, 0.4) is 0 Å². The van der Waals surface area contributed by atoms with Crippen LogP contribution in [0.25, 0.3) is 0 Å². The molecule has 4 atom stereocenters. The largest absolute Gasteiger partial charge is 0.391 e. The normalized spacial score (nSPS) is 18.2. The highest BCUT2D eigenvalue weighted by molar-refractivity contribution is 4.80. The Bertz CT molecular complexity index is 299. The molecule has 29 heavy (non-hydrogen) atoms. The number of aliphatic hydroxyl groups excluding tert-OH is 4. The molecule has 0 amide bonds. The minimum atomic E-state index is -0.693. The molecule has 0 aromatic rings. The molecule has 176 valence electrons. The van der Waals surface area contributed by atoms with Gasteiger partial charge in [0.25, 0.3) is 0 Å². The summed E-state index contributed by atoms with van der Waals surface area (Å²) < 4.78 is 22.9. The summed E-state index contributed by atoms with van der Waals surface area (Å²) in [6.45, 7) is 9.12. The van der Waals surface area contributed by atoms with Crippen molar-refractivity contribution in [3.05, 3.63) is 0 Å². The molecule has 0 spiro atoms. The van der Waals surface area contributed by atoms with E-state index in [9.17, 15) is 20.4 Å². The van der Waals surface area contributed by atoms with E-state index in [1.807, 2.05) is 27.7 Å². The van der Waals surface area contributed by atoms with E-state index >= 15 is 0 Å². The Morgan fingerprint density at radius 1 is 0.483 bits per heavy atom. The lowest BCUT2D eigenvalue weighted by molar-refractivity contribution is -0.131. The van der Waals surface area contributed by atoms with Crippen LogP contribution in [0.15, 0.2) is 0 Å². The molecule has 4 N–H and O–H groups in total. The van der Waals surface area contributed by atoms with Crippen LogP contribution >= 0.6 is 0 Å².